The maximum absolute atomic E-state index is 11.9. The summed E-state index contributed by atoms with van der Waals surface area (Å²) in [5.74, 6) is 0.214. The standard InChI is InChI=1S/C12H21N3O4S2/c1-4-14-11(16)10-8(13)9(19-3)12(20-10)15-6-7-21(17,18)5-2/h15H,4-7,13H2,1-3H3,(H,14,16). The first kappa shape index (κ1) is 17.6. The van der Waals surface area contributed by atoms with Gasteiger partial charge in [-0.2, -0.15) is 0 Å². The van der Waals surface area contributed by atoms with Gasteiger partial charge in [0.1, 0.15) is 15.6 Å². The van der Waals surface area contributed by atoms with Crippen LogP contribution < -0.4 is 21.1 Å². The number of thiophene rings is 1. The molecule has 0 aliphatic carbocycles. The number of nitrogens with one attached hydrogen (secondary N) is 2. The second kappa shape index (κ2) is 7.51. The van der Waals surface area contributed by atoms with E-state index in [9.17, 15) is 13.2 Å². The van der Waals surface area contributed by atoms with E-state index in [-0.39, 0.29) is 29.6 Å². The van der Waals surface area contributed by atoms with Crippen molar-refractivity contribution in [3.8, 4) is 5.75 Å². The minimum Gasteiger partial charge on any atom is -0.492 e. The molecule has 21 heavy (non-hydrogen) atoms. The van der Waals surface area contributed by atoms with Crippen LogP contribution in [0.3, 0.4) is 0 Å². The highest BCUT2D eigenvalue weighted by Crippen LogP contribution is 2.42. The lowest BCUT2D eigenvalue weighted by atomic mass is 10.3. The molecule has 0 radical (unpaired) electrons. The van der Waals surface area contributed by atoms with E-state index in [2.05, 4.69) is 10.6 Å². The zero-order chi connectivity index (χ0) is 16.0. The van der Waals surface area contributed by atoms with Gasteiger partial charge in [-0.1, -0.05) is 6.92 Å². The molecule has 0 atom stereocenters. The molecule has 0 bridgehead atoms. The molecule has 1 aromatic heterocycles. The van der Waals surface area contributed by atoms with Crippen LogP contribution in [0, 0.1) is 0 Å². The Hall–Kier alpha value is -1.48. The van der Waals surface area contributed by atoms with Crippen molar-refractivity contribution < 1.29 is 17.9 Å². The third kappa shape index (κ3) is 4.50. The Bertz CT molecular complexity index is 596. The molecular weight excluding hydrogens is 314 g/mol. The van der Waals surface area contributed by atoms with Gasteiger partial charge in [-0.05, 0) is 6.92 Å². The molecule has 7 nitrogen and oxygen atoms in total. The monoisotopic (exact) mass is 335 g/mol. The molecule has 4 N–H and O–H groups in total. The molecular formula is C12H21N3O4S2. The molecule has 1 amide bonds. The zero-order valence-electron chi connectivity index (χ0n) is 12.4. The van der Waals surface area contributed by atoms with Gasteiger partial charge < -0.3 is 21.1 Å². The average Bonchev–Trinajstić information content (AvgIpc) is 2.75. The van der Waals surface area contributed by atoms with Crippen molar-refractivity contribution in [2.45, 2.75) is 13.8 Å². The number of ether oxygens (including phenoxy) is 1. The fourth-order valence-electron chi connectivity index (χ4n) is 1.62. The van der Waals surface area contributed by atoms with Crippen LogP contribution in [0.2, 0.25) is 0 Å². The predicted octanol–water partition coefficient (Wildman–Crippen LogP) is 0.935. The number of hydrogen-bond donors (Lipinski definition) is 3. The lowest BCUT2D eigenvalue weighted by Gasteiger charge is -2.06. The molecule has 1 aromatic rings. The fraction of sp³-hybridized carbons (Fsp3) is 0.583. The largest absolute Gasteiger partial charge is 0.492 e. The van der Waals surface area contributed by atoms with Crippen molar-refractivity contribution in [2.24, 2.45) is 0 Å². The number of hydrogen-bond acceptors (Lipinski definition) is 7. The number of amides is 1. The number of sulfone groups is 1. The Morgan fingerprint density at radius 1 is 1.38 bits per heavy atom. The molecule has 0 fully saturated rings. The predicted molar refractivity (Wildman–Crippen MR) is 86.1 cm³/mol. The summed E-state index contributed by atoms with van der Waals surface area (Å²) in [6, 6.07) is 0. The molecule has 0 unspecified atom stereocenters. The van der Waals surface area contributed by atoms with E-state index in [0.29, 0.717) is 22.2 Å². The smallest absolute Gasteiger partial charge is 0.263 e. The van der Waals surface area contributed by atoms with Crippen molar-refractivity contribution in [1.29, 1.82) is 0 Å². The van der Waals surface area contributed by atoms with Crippen molar-refractivity contribution in [1.82, 2.24) is 5.32 Å². The second-order valence-electron chi connectivity index (χ2n) is 4.23. The van der Waals surface area contributed by atoms with Crippen LogP contribution in [-0.2, 0) is 9.84 Å². The molecule has 0 saturated carbocycles. The van der Waals surface area contributed by atoms with Crippen molar-refractivity contribution >= 4 is 37.8 Å². The molecule has 1 rings (SSSR count). The van der Waals surface area contributed by atoms with Crippen LogP contribution >= 0.6 is 11.3 Å². The number of rotatable bonds is 8. The van der Waals surface area contributed by atoms with Gasteiger partial charge in [-0.15, -0.1) is 11.3 Å². The molecule has 0 aliphatic heterocycles. The van der Waals surface area contributed by atoms with Crippen molar-refractivity contribution in [2.75, 3.05) is 42.8 Å². The number of anilines is 2. The molecule has 0 spiro atoms. The van der Waals surface area contributed by atoms with E-state index < -0.39 is 9.84 Å². The lowest BCUT2D eigenvalue weighted by Crippen LogP contribution is -2.22. The SMILES string of the molecule is CCNC(=O)c1sc(NCCS(=O)(=O)CC)c(OC)c1N. The normalized spacial score (nSPS) is 11.2. The van der Waals surface area contributed by atoms with E-state index in [0.717, 1.165) is 11.3 Å². The van der Waals surface area contributed by atoms with Gasteiger partial charge in [0.15, 0.2) is 15.6 Å². The second-order valence-corrected chi connectivity index (χ2v) is 7.72. The molecule has 1 heterocycles. The molecule has 120 valence electrons. The van der Waals surface area contributed by atoms with E-state index >= 15 is 0 Å². The zero-order valence-corrected chi connectivity index (χ0v) is 14.0. The van der Waals surface area contributed by atoms with E-state index in [1.807, 2.05) is 6.92 Å². The quantitative estimate of drug-likeness (QED) is 0.652. The van der Waals surface area contributed by atoms with Gasteiger partial charge in [-0.25, -0.2) is 8.42 Å². The van der Waals surface area contributed by atoms with Crippen LogP contribution in [0.1, 0.15) is 23.5 Å². The summed E-state index contributed by atoms with van der Waals surface area (Å²) >= 11 is 1.15. The first-order valence-electron chi connectivity index (χ1n) is 6.55. The van der Waals surface area contributed by atoms with Gasteiger partial charge in [-0.3, -0.25) is 4.79 Å². The Kier molecular flexibility index (Phi) is 6.28. The van der Waals surface area contributed by atoms with E-state index in [1.165, 1.54) is 7.11 Å². The third-order valence-corrected chi connectivity index (χ3v) is 5.63. The highest BCUT2D eigenvalue weighted by atomic mass is 32.2. The Balaban J connectivity index is 2.87. The minimum absolute atomic E-state index is 0.0148. The van der Waals surface area contributed by atoms with Gasteiger partial charge in [0.25, 0.3) is 5.91 Å². The van der Waals surface area contributed by atoms with Crippen molar-refractivity contribution in [3.63, 3.8) is 0 Å². The maximum Gasteiger partial charge on any atom is 0.263 e. The number of nitrogen functional groups attached to an aromatic ring is 1. The van der Waals surface area contributed by atoms with Crippen LogP contribution in [0.4, 0.5) is 10.7 Å². The first-order valence-corrected chi connectivity index (χ1v) is 9.18. The summed E-state index contributed by atoms with van der Waals surface area (Å²) in [7, 11) is -1.59. The topological polar surface area (TPSA) is 111 Å². The minimum atomic E-state index is -3.05. The van der Waals surface area contributed by atoms with Gasteiger partial charge in [0.2, 0.25) is 0 Å². The van der Waals surface area contributed by atoms with Gasteiger partial charge in [0, 0.05) is 18.8 Å². The highest BCUT2D eigenvalue weighted by molar-refractivity contribution is 7.91. The summed E-state index contributed by atoms with van der Waals surface area (Å²) in [6.07, 6.45) is 0. The van der Waals surface area contributed by atoms with Gasteiger partial charge in [0.05, 0.1) is 12.9 Å². The van der Waals surface area contributed by atoms with Crippen LogP contribution in [0.5, 0.6) is 5.75 Å². The number of methoxy groups -OCH3 is 1. The van der Waals surface area contributed by atoms with Crippen molar-refractivity contribution in [3.05, 3.63) is 4.88 Å². The van der Waals surface area contributed by atoms with Crippen LogP contribution in [0.15, 0.2) is 0 Å². The molecule has 0 saturated heterocycles. The fourth-order valence-corrected chi connectivity index (χ4v) is 3.36. The highest BCUT2D eigenvalue weighted by Gasteiger charge is 2.21. The van der Waals surface area contributed by atoms with Gasteiger partial charge >= 0.3 is 0 Å². The van der Waals surface area contributed by atoms with Crippen LogP contribution in [-0.4, -0.2) is 46.0 Å². The number of carbonyl (C=O) groups is 1. The summed E-state index contributed by atoms with van der Waals surface area (Å²) in [6.45, 7) is 4.15. The molecule has 0 aromatic carbocycles. The Labute approximate surface area is 128 Å². The first-order chi connectivity index (χ1) is 9.86. The number of nitrogens with two attached hydrogens (primary N) is 1. The van der Waals surface area contributed by atoms with E-state index in [4.69, 9.17) is 10.5 Å². The maximum atomic E-state index is 11.9. The van der Waals surface area contributed by atoms with Crippen LogP contribution in [0.25, 0.3) is 0 Å². The average molecular weight is 335 g/mol. The van der Waals surface area contributed by atoms with E-state index in [1.54, 1.807) is 6.92 Å². The molecule has 0 aliphatic rings. The third-order valence-electron chi connectivity index (χ3n) is 2.79. The summed E-state index contributed by atoms with van der Waals surface area (Å²) < 4.78 is 28.1. The summed E-state index contributed by atoms with van der Waals surface area (Å²) in [4.78, 5) is 12.2. The Morgan fingerprint density at radius 3 is 2.57 bits per heavy atom. The summed E-state index contributed by atoms with van der Waals surface area (Å²) in [5.41, 5.74) is 6.15. The number of carbonyl (C=O) groups excluding carboxylic acids is 1. The molecule has 9 heteroatoms. The Morgan fingerprint density at radius 2 is 2.05 bits per heavy atom. The summed E-state index contributed by atoms with van der Waals surface area (Å²) in [5, 5.41) is 6.19. The lowest BCUT2D eigenvalue weighted by molar-refractivity contribution is 0.0960.